The Morgan fingerprint density at radius 2 is 2.00 bits per heavy atom. The summed E-state index contributed by atoms with van der Waals surface area (Å²) in [4.78, 5) is 11.3. The van der Waals surface area contributed by atoms with Gasteiger partial charge in [-0.25, -0.2) is 4.98 Å². The number of hydrogen-bond donors (Lipinski definition) is 2. The van der Waals surface area contributed by atoms with Gasteiger partial charge in [0, 0.05) is 45.0 Å². The first-order chi connectivity index (χ1) is 13.7. The fourth-order valence-corrected chi connectivity index (χ4v) is 3.37. The lowest BCUT2D eigenvalue weighted by Crippen LogP contribution is -2.40. The summed E-state index contributed by atoms with van der Waals surface area (Å²) >= 11 is 0. The van der Waals surface area contributed by atoms with Crippen molar-refractivity contribution in [1.82, 2.24) is 15.6 Å². The number of anilines is 1. The molecule has 1 aliphatic rings. The van der Waals surface area contributed by atoms with Crippen molar-refractivity contribution in [2.24, 2.45) is 4.99 Å². The highest BCUT2D eigenvalue weighted by atomic mass is 127. The third-order valence-electron chi connectivity index (χ3n) is 5.03. The summed E-state index contributed by atoms with van der Waals surface area (Å²) in [7, 11) is 1.80. The molecule has 158 valence electrons. The number of morpholine rings is 1. The first-order valence-corrected chi connectivity index (χ1v) is 9.95. The Hall–Kier alpha value is -1.87. The lowest BCUT2D eigenvalue weighted by molar-refractivity contribution is 0.122. The number of hydrogen-bond acceptors (Lipinski definition) is 4. The van der Waals surface area contributed by atoms with Gasteiger partial charge in [0.15, 0.2) is 5.96 Å². The summed E-state index contributed by atoms with van der Waals surface area (Å²) in [6, 6.07) is 12.8. The van der Waals surface area contributed by atoms with E-state index in [0.717, 1.165) is 44.6 Å². The third-order valence-corrected chi connectivity index (χ3v) is 5.03. The second kappa shape index (κ2) is 12.0. The molecule has 6 nitrogen and oxygen atoms in total. The van der Waals surface area contributed by atoms with E-state index in [4.69, 9.17) is 4.74 Å². The van der Waals surface area contributed by atoms with E-state index >= 15 is 0 Å². The summed E-state index contributed by atoms with van der Waals surface area (Å²) < 4.78 is 5.46. The van der Waals surface area contributed by atoms with Crippen LogP contribution in [0.3, 0.4) is 0 Å². The number of aliphatic imine (C=N–C) groups is 1. The number of aromatic nitrogens is 1. The van der Waals surface area contributed by atoms with Gasteiger partial charge >= 0.3 is 0 Å². The van der Waals surface area contributed by atoms with E-state index < -0.39 is 0 Å². The Morgan fingerprint density at radius 1 is 1.21 bits per heavy atom. The van der Waals surface area contributed by atoms with Crippen LogP contribution < -0.4 is 15.5 Å². The minimum atomic E-state index is 0. The molecule has 0 aliphatic carbocycles. The van der Waals surface area contributed by atoms with Crippen molar-refractivity contribution < 1.29 is 4.74 Å². The van der Waals surface area contributed by atoms with Crippen LogP contribution in [-0.2, 0) is 11.3 Å². The Bertz CT molecular complexity index is 792. The highest BCUT2D eigenvalue weighted by Crippen LogP contribution is 2.18. The molecule has 0 amide bonds. The van der Waals surface area contributed by atoms with Crippen molar-refractivity contribution in [3.63, 3.8) is 0 Å². The van der Waals surface area contributed by atoms with Crippen molar-refractivity contribution in [1.29, 1.82) is 0 Å². The molecular weight excluding hydrogens is 477 g/mol. The maximum absolute atomic E-state index is 5.46. The smallest absolute Gasteiger partial charge is 0.191 e. The van der Waals surface area contributed by atoms with Gasteiger partial charge in [0.25, 0.3) is 0 Å². The van der Waals surface area contributed by atoms with Crippen molar-refractivity contribution in [3.8, 4) is 0 Å². The molecule has 1 aromatic heterocycles. The Kier molecular flexibility index (Phi) is 9.66. The van der Waals surface area contributed by atoms with Gasteiger partial charge in [-0.15, -0.1) is 24.0 Å². The maximum atomic E-state index is 5.46. The molecule has 0 radical (unpaired) electrons. The molecule has 0 saturated carbocycles. The molecule has 2 aromatic rings. The minimum absolute atomic E-state index is 0. The van der Waals surface area contributed by atoms with Gasteiger partial charge in [-0.2, -0.15) is 0 Å². The van der Waals surface area contributed by atoms with Crippen molar-refractivity contribution in [2.75, 3.05) is 44.8 Å². The summed E-state index contributed by atoms with van der Waals surface area (Å²) in [5.41, 5.74) is 3.79. The van der Waals surface area contributed by atoms with Crippen LogP contribution in [-0.4, -0.2) is 50.8 Å². The normalized spacial score (nSPS) is 15.4. The first kappa shape index (κ1) is 23.4. The second-order valence-corrected chi connectivity index (χ2v) is 7.21. The summed E-state index contributed by atoms with van der Waals surface area (Å²) in [6.07, 6.45) is 1.85. The lowest BCUT2D eigenvalue weighted by Gasteiger charge is -2.29. The van der Waals surface area contributed by atoms with E-state index in [1.165, 1.54) is 16.7 Å². The number of nitrogens with one attached hydrogen (secondary N) is 2. The Balaban J connectivity index is 0.00000300. The van der Waals surface area contributed by atoms with Gasteiger partial charge in [-0.1, -0.05) is 42.8 Å². The predicted molar refractivity (Wildman–Crippen MR) is 130 cm³/mol. The van der Waals surface area contributed by atoms with E-state index in [1.54, 1.807) is 7.05 Å². The number of benzene rings is 1. The molecule has 2 N–H and O–H groups in total. The number of pyridine rings is 1. The molecule has 0 spiro atoms. The SMILES string of the molecule is CN=C(NCc1cccnc1N1CCOCC1)NCC(C)c1cccc(C)c1.I. The highest BCUT2D eigenvalue weighted by molar-refractivity contribution is 14.0. The fourth-order valence-electron chi connectivity index (χ4n) is 3.37. The van der Waals surface area contributed by atoms with Gasteiger partial charge in [-0.05, 0) is 24.5 Å². The third kappa shape index (κ3) is 6.85. The molecule has 1 aromatic carbocycles. The summed E-state index contributed by atoms with van der Waals surface area (Å²) in [5, 5.41) is 6.87. The Morgan fingerprint density at radius 3 is 2.72 bits per heavy atom. The van der Waals surface area contributed by atoms with Crippen molar-refractivity contribution >= 4 is 35.8 Å². The number of halogens is 1. The van der Waals surface area contributed by atoms with Crippen LogP contribution in [0.4, 0.5) is 5.82 Å². The molecule has 3 rings (SSSR count). The van der Waals surface area contributed by atoms with Gasteiger partial charge in [-0.3, -0.25) is 4.99 Å². The molecule has 0 bridgehead atoms. The standard InChI is InChI=1S/C22H31N5O.HI/c1-17-6-4-7-19(14-17)18(2)15-25-22(23-3)26-16-20-8-5-9-24-21(20)27-10-12-28-13-11-27;/h4-9,14,18H,10-13,15-16H2,1-3H3,(H2,23,25,26);1H. The first-order valence-electron chi connectivity index (χ1n) is 9.95. The zero-order chi connectivity index (χ0) is 19.8. The molecule has 1 fully saturated rings. The maximum Gasteiger partial charge on any atom is 0.191 e. The van der Waals surface area contributed by atoms with Crippen molar-refractivity contribution in [2.45, 2.75) is 26.3 Å². The zero-order valence-electron chi connectivity index (χ0n) is 17.5. The van der Waals surface area contributed by atoms with Crippen LogP contribution in [0, 0.1) is 6.92 Å². The van der Waals surface area contributed by atoms with E-state index in [2.05, 4.69) is 69.7 Å². The monoisotopic (exact) mass is 509 g/mol. The van der Waals surface area contributed by atoms with E-state index in [9.17, 15) is 0 Å². The van der Waals surface area contributed by atoms with Crippen LogP contribution in [0.15, 0.2) is 47.6 Å². The van der Waals surface area contributed by atoms with Gasteiger partial charge in [0.1, 0.15) is 5.82 Å². The molecule has 1 unspecified atom stereocenters. The molecule has 1 aliphatic heterocycles. The van der Waals surface area contributed by atoms with E-state index in [1.807, 2.05) is 12.3 Å². The van der Waals surface area contributed by atoms with E-state index in [-0.39, 0.29) is 24.0 Å². The molecule has 1 atom stereocenters. The quantitative estimate of drug-likeness (QED) is 0.356. The van der Waals surface area contributed by atoms with Gasteiger partial charge in [0.05, 0.1) is 13.2 Å². The number of nitrogens with zero attached hydrogens (tertiary/aromatic N) is 3. The second-order valence-electron chi connectivity index (χ2n) is 7.21. The van der Waals surface area contributed by atoms with Crippen LogP contribution in [0.25, 0.3) is 0 Å². The van der Waals surface area contributed by atoms with Gasteiger partial charge < -0.3 is 20.3 Å². The van der Waals surface area contributed by atoms with Crippen LogP contribution in [0.5, 0.6) is 0 Å². The molecular formula is C22H32IN5O. The average Bonchev–Trinajstić information content (AvgIpc) is 2.74. The number of ether oxygens (including phenoxy) is 1. The van der Waals surface area contributed by atoms with Crippen LogP contribution >= 0.6 is 24.0 Å². The summed E-state index contributed by atoms with van der Waals surface area (Å²) in [5.74, 6) is 2.24. The number of aryl methyl sites for hydroxylation is 1. The summed E-state index contributed by atoms with van der Waals surface area (Å²) in [6.45, 7) is 9.13. The number of rotatable bonds is 6. The molecule has 1 saturated heterocycles. The van der Waals surface area contributed by atoms with E-state index in [0.29, 0.717) is 12.5 Å². The highest BCUT2D eigenvalue weighted by Gasteiger charge is 2.16. The van der Waals surface area contributed by atoms with Crippen LogP contribution in [0.2, 0.25) is 0 Å². The molecule has 29 heavy (non-hydrogen) atoms. The lowest BCUT2D eigenvalue weighted by atomic mass is 9.99. The average molecular weight is 509 g/mol. The number of guanidine groups is 1. The Labute approximate surface area is 191 Å². The molecule has 2 heterocycles. The van der Waals surface area contributed by atoms with Crippen LogP contribution in [0.1, 0.15) is 29.5 Å². The minimum Gasteiger partial charge on any atom is -0.378 e. The fraction of sp³-hybridized carbons (Fsp3) is 0.455. The predicted octanol–water partition coefficient (Wildman–Crippen LogP) is 3.31. The van der Waals surface area contributed by atoms with Gasteiger partial charge in [0.2, 0.25) is 0 Å². The largest absolute Gasteiger partial charge is 0.378 e. The topological polar surface area (TPSA) is 61.8 Å². The van der Waals surface area contributed by atoms with Crippen molar-refractivity contribution in [3.05, 3.63) is 59.3 Å². The zero-order valence-corrected chi connectivity index (χ0v) is 19.8. The molecule has 7 heteroatoms.